The summed E-state index contributed by atoms with van der Waals surface area (Å²) in [7, 11) is 3.48. The first-order valence-electron chi connectivity index (χ1n) is 9.70. The van der Waals surface area contributed by atoms with Crippen LogP contribution in [0.2, 0.25) is 0 Å². The summed E-state index contributed by atoms with van der Waals surface area (Å²) in [6, 6.07) is 13.0. The van der Waals surface area contributed by atoms with E-state index in [9.17, 15) is 9.18 Å². The molecule has 7 nitrogen and oxygen atoms in total. The monoisotopic (exact) mass is 419 g/mol. The zero-order valence-corrected chi connectivity index (χ0v) is 17.4. The van der Waals surface area contributed by atoms with Crippen LogP contribution in [-0.2, 0) is 7.05 Å². The highest BCUT2D eigenvalue weighted by molar-refractivity contribution is 5.95. The fourth-order valence-electron chi connectivity index (χ4n) is 3.43. The van der Waals surface area contributed by atoms with Gasteiger partial charge in [0.25, 0.3) is 5.91 Å². The smallest absolute Gasteiger partial charge is 0.255 e. The summed E-state index contributed by atoms with van der Waals surface area (Å²) in [5, 5.41) is 7.38. The molecule has 4 aromatic rings. The van der Waals surface area contributed by atoms with Gasteiger partial charge in [-0.15, -0.1) is 0 Å². The second-order valence-corrected chi connectivity index (χ2v) is 7.11. The maximum atomic E-state index is 13.2. The van der Waals surface area contributed by atoms with Crippen molar-refractivity contribution in [1.82, 2.24) is 24.6 Å². The standard InChI is InChI=1S/C23H22FN5O2/c1-15-20(14-26-29(15)18-8-6-17(24)7-9-18)23(30)27-21(22-25-12-13-28(22)2)16-4-10-19(31-3)11-5-16/h4-14,21H,1-3H3,(H,27,30)/t21-/m1/s1. The summed E-state index contributed by atoms with van der Waals surface area (Å²) in [5.41, 5.74) is 2.62. The van der Waals surface area contributed by atoms with Gasteiger partial charge in [-0.25, -0.2) is 14.1 Å². The molecule has 0 aliphatic rings. The van der Waals surface area contributed by atoms with Gasteiger partial charge in [0.2, 0.25) is 0 Å². The van der Waals surface area contributed by atoms with Crippen molar-refractivity contribution in [3.8, 4) is 11.4 Å². The molecule has 0 saturated heterocycles. The maximum absolute atomic E-state index is 13.2. The number of rotatable bonds is 6. The summed E-state index contributed by atoms with van der Waals surface area (Å²) in [6.45, 7) is 1.80. The predicted octanol–water partition coefficient (Wildman–Crippen LogP) is 3.58. The molecule has 158 valence electrons. The number of amides is 1. The Labute approximate surface area is 179 Å². The molecule has 0 spiro atoms. The number of aromatic nitrogens is 4. The van der Waals surface area contributed by atoms with Crippen molar-refractivity contribution in [2.45, 2.75) is 13.0 Å². The lowest BCUT2D eigenvalue weighted by molar-refractivity contribution is 0.0940. The Morgan fingerprint density at radius 2 is 1.84 bits per heavy atom. The molecule has 0 bridgehead atoms. The summed E-state index contributed by atoms with van der Waals surface area (Å²) >= 11 is 0. The molecule has 0 radical (unpaired) electrons. The van der Waals surface area contributed by atoms with Crippen molar-refractivity contribution in [2.75, 3.05) is 7.11 Å². The van der Waals surface area contributed by atoms with Crippen LogP contribution >= 0.6 is 0 Å². The first-order chi connectivity index (χ1) is 15.0. The molecular weight excluding hydrogens is 397 g/mol. The van der Waals surface area contributed by atoms with Gasteiger partial charge in [0.1, 0.15) is 23.4 Å². The van der Waals surface area contributed by atoms with Crippen molar-refractivity contribution >= 4 is 5.91 Å². The maximum Gasteiger partial charge on any atom is 0.255 e. The summed E-state index contributed by atoms with van der Waals surface area (Å²) in [5.74, 6) is 0.811. The van der Waals surface area contributed by atoms with Gasteiger partial charge in [0, 0.05) is 19.4 Å². The molecule has 1 atom stereocenters. The van der Waals surface area contributed by atoms with Crippen molar-refractivity contribution in [3.63, 3.8) is 0 Å². The highest BCUT2D eigenvalue weighted by atomic mass is 19.1. The number of carbonyl (C=O) groups is 1. The quantitative estimate of drug-likeness (QED) is 0.518. The van der Waals surface area contributed by atoms with Crippen LogP contribution < -0.4 is 10.1 Å². The lowest BCUT2D eigenvalue weighted by Crippen LogP contribution is -2.31. The third kappa shape index (κ3) is 4.05. The second kappa shape index (κ2) is 8.43. The van der Waals surface area contributed by atoms with E-state index in [1.807, 2.05) is 42.1 Å². The van der Waals surface area contributed by atoms with Gasteiger partial charge >= 0.3 is 0 Å². The van der Waals surface area contributed by atoms with E-state index in [0.29, 0.717) is 22.8 Å². The topological polar surface area (TPSA) is 74.0 Å². The van der Waals surface area contributed by atoms with Gasteiger partial charge in [0.15, 0.2) is 0 Å². The number of halogens is 1. The van der Waals surface area contributed by atoms with Crippen molar-refractivity contribution in [3.05, 3.63) is 95.6 Å². The molecule has 0 unspecified atom stereocenters. The third-order valence-electron chi connectivity index (χ3n) is 5.17. The fraction of sp³-hybridized carbons (Fsp3) is 0.174. The van der Waals surface area contributed by atoms with Crippen LogP contribution in [0.1, 0.15) is 33.5 Å². The Hall–Kier alpha value is -3.94. The molecule has 1 N–H and O–H groups in total. The minimum absolute atomic E-state index is 0.283. The van der Waals surface area contributed by atoms with Gasteiger partial charge in [-0.2, -0.15) is 5.10 Å². The van der Waals surface area contributed by atoms with E-state index in [-0.39, 0.29) is 11.7 Å². The molecule has 8 heteroatoms. The molecule has 4 rings (SSSR count). The number of nitrogens with one attached hydrogen (secondary N) is 1. The fourth-order valence-corrected chi connectivity index (χ4v) is 3.43. The summed E-state index contributed by atoms with van der Waals surface area (Å²) in [6.07, 6.45) is 5.03. The van der Waals surface area contributed by atoms with Crippen LogP contribution in [0.4, 0.5) is 4.39 Å². The molecule has 0 saturated carbocycles. The van der Waals surface area contributed by atoms with Crippen LogP contribution in [0.5, 0.6) is 5.75 Å². The van der Waals surface area contributed by atoms with E-state index in [0.717, 1.165) is 11.3 Å². The summed E-state index contributed by atoms with van der Waals surface area (Å²) < 4.78 is 22.0. The predicted molar refractivity (Wildman–Crippen MR) is 114 cm³/mol. The Morgan fingerprint density at radius 3 is 2.45 bits per heavy atom. The van der Waals surface area contributed by atoms with Crippen LogP contribution in [-0.4, -0.2) is 32.3 Å². The minimum atomic E-state index is -0.466. The molecule has 0 fully saturated rings. The van der Waals surface area contributed by atoms with Gasteiger partial charge in [0.05, 0.1) is 30.3 Å². The van der Waals surface area contributed by atoms with Crippen LogP contribution in [0.25, 0.3) is 5.69 Å². The van der Waals surface area contributed by atoms with Crippen LogP contribution in [0.3, 0.4) is 0 Å². The van der Waals surface area contributed by atoms with Crippen molar-refractivity contribution < 1.29 is 13.9 Å². The number of methoxy groups -OCH3 is 1. The van der Waals surface area contributed by atoms with Gasteiger partial charge in [-0.1, -0.05) is 12.1 Å². The molecule has 2 heterocycles. The number of imidazole rings is 1. The number of benzene rings is 2. The second-order valence-electron chi connectivity index (χ2n) is 7.11. The number of hydrogen-bond donors (Lipinski definition) is 1. The normalized spacial score (nSPS) is 11.9. The largest absolute Gasteiger partial charge is 0.497 e. The zero-order chi connectivity index (χ0) is 22.0. The van der Waals surface area contributed by atoms with E-state index < -0.39 is 6.04 Å². The number of aryl methyl sites for hydroxylation is 1. The Bertz CT molecular complexity index is 1200. The number of hydrogen-bond acceptors (Lipinski definition) is 4. The Kier molecular flexibility index (Phi) is 5.53. The molecular formula is C23H22FN5O2. The van der Waals surface area contributed by atoms with Crippen LogP contribution in [0, 0.1) is 12.7 Å². The van der Waals surface area contributed by atoms with Crippen molar-refractivity contribution in [1.29, 1.82) is 0 Å². The van der Waals surface area contributed by atoms with Gasteiger partial charge < -0.3 is 14.6 Å². The molecule has 2 aromatic heterocycles. The average Bonchev–Trinajstić information content (AvgIpc) is 3.38. The number of nitrogens with zero attached hydrogens (tertiary/aromatic N) is 4. The Morgan fingerprint density at radius 1 is 1.13 bits per heavy atom. The lowest BCUT2D eigenvalue weighted by Gasteiger charge is -2.19. The van der Waals surface area contributed by atoms with Crippen molar-refractivity contribution in [2.24, 2.45) is 7.05 Å². The Balaban J connectivity index is 1.65. The lowest BCUT2D eigenvalue weighted by atomic mass is 10.1. The van der Waals surface area contributed by atoms with E-state index in [4.69, 9.17) is 4.74 Å². The first kappa shape index (κ1) is 20.3. The molecule has 2 aromatic carbocycles. The zero-order valence-electron chi connectivity index (χ0n) is 17.4. The number of carbonyl (C=O) groups excluding carboxylic acids is 1. The molecule has 0 aliphatic carbocycles. The highest BCUT2D eigenvalue weighted by Crippen LogP contribution is 2.24. The number of ether oxygens (including phenoxy) is 1. The van der Waals surface area contributed by atoms with Gasteiger partial charge in [-0.05, 0) is 48.9 Å². The molecule has 31 heavy (non-hydrogen) atoms. The van der Waals surface area contributed by atoms with Crippen LogP contribution in [0.15, 0.2) is 67.1 Å². The SMILES string of the molecule is COc1ccc([C@@H](NC(=O)c2cnn(-c3ccc(F)cc3)c2C)c2nccn2C)cc1. The van der Waals surface area contributed by atoms with E-state index >= 15 is 0 Å². The van der Waals surface area contributed by atoms with E-state index in [1.165, 1.54) is 18.3 Å². The highest BCUT2D eigenvalue weighted by Gasteiger charge is 2.24. The van der Waals surface area contributed by atoms with Gasteiger partial charge in [-0.3, -0.25) is 4.79 Å². The average molecular weight is 419 g/mol. The van der Waals surface area contributed by atoms with E-state index in [1.54, 1.807) is 37.0 Å². The van der Waals surface area contributed by atoms with E-state index in [2.05, 4.69) is 15.4 Å². The summed E-state index contributed by atoms with van der Waals surface area (Å²) in [4.78, 5) is 17.6. The molecule has 0 aliphatic heterocycles. The first-order valence-corrected chi connectivity index (χ1v) is 9.70. The third-order valence-corrected chi connectivity index (χ3v) is 5.17. The molecule has 1 amide bonds. The minimum Gasteiger partial charge on any atom is -0.497 e.